The first-order valence-electron chi connectivity index (χ1n) is 10.4. The first kappa shape index (κ1) is 23.9. The number of unbranched alkanes of at least 4 members (excludes halogenated alkanes) is 2. The number of halogens is 1. The molecule has 0 spiro atoms. The van der Waals surface area contributed by atoms with Gasteiger partial charge in [-0.2, -0.15) is 4.31 Å². The van der Waals surface area contributed by atoms with Crippen molar-refractivity contribution in [1.29, 1.82) is 0 Å². The molecule has 1 heterocycles. The molecule has 3 rings (SSSR count). The molecule has 2 aromatic carbocycles. The van der Waals surface area contributed by atoms with Crippen LogP contribution in [0.2, 0.25) is 0 Å². The van der Waals surface area contributed by atoms with E-state index >= 15 is 0 Å². The molecule has 1 aliphatic rings. The van der Waals surface area contributed by atoms with E-state index in [1.165, 1.54) is 9.21 Å². The molecule has 166 valence electrons. The third-order valence-electron chi connectivity index (χ3n) is 5.37. The van der Waals surface area contributed by atoms with Crippen LogP contribution in [0.4, 0.5) is 0 Å². The number of benzene rings is 2. The van der Waals surface area contributed by atoms with E-state index in [1.54, 1.807) is 48.5 Å². The third kappa shape index (κ3) is 5.53. The largest absolute Gasteiger partial charge is 0.274 e. The third-order valence-corrected chi connectivity index (χ3v) is 8.04. The average Bonchev–Trinajstić information content (AvgIpc) is 3.00. The molecule has 0 bridgehead atoms. The summed E-state index contributed by atoms with van der Waals surface area (Å²) in [5.41, 5.74) is 1.89. The van der Waals surface area contributed by atoms with Crippen molar-refractivity contribution in [3.63, 3.8) is 0 Å². The molecule has 0 saturated carbocycles. The van der Waals surface area contributed by atoms with Crippen LogP contribution < -0.4 is 0 Å². The zero-order valence-corrected chi connectivity index (χ0v) is 20.6. The molecule has 0 aliphatic carbocycles. The zero-order chi connectivity index (χ0) is 22.4. The Morgan fingerprint density at radius 3 is 1.94 bits per heavy atom. The molecule has 8 heteroatoms. The zero-order valence-electron chi connectivity index (χ0n) is 17.6. The molecule has 0 unspecified atom stereocenters. The summed E-state index contributed by atoms with van der Waals surface area (Å²) in [5, 5.41) is 0. The second kappa shape index (κ2) is 10.7. The molecule has 0 fully saturated rings. The number of hydrogen-bond acceptors (Lipinski definition) is 4. The maximum absolute atomic E-state index is 13.1. The average molecular weight is 554 g/mol. The lowest BCUT2D eigenvalue weighted by Gasteiger charge is -2.23. The first-order valence-corrected chi connectivity index (χ1v) is 13.4. The van der Waals surface area contributed by atoms with Crippen molar-refractivity contribution in [1.82, 2.24) is 9.21 Å². The SMILES string of the molecule is Cc1ccc(S(=O)(=O)N(CCCCI)CCCCN2C(=O)c3ccccc3C2=O)cc1. The molecular formula is C23H27IN2O4S. The number of amides is 2. The van der Waals surface area contributed by atoms with E-state index in [-0.39, 0.29) is 11.8 Å². The molecule has 0 aromatic heterocycles. The summed E-state index contributed by atoms with van der Waals surface area (Å²) in [6.07, 6.45) is 2.88. The van der Waals surface area contributed by atoms with Gasteiger partial charge in [0.2, 0.25) is 10.0 Å². The number of carbonyl (C=O) groups is 2. The van der Waals surface area contributed by atoms with Gasteiger partial charge in [0.25, 0.3) is 11.8 Å². The van der Waals surface area contributed by atoms with Crippen molar-refractivity contribution in [3.8, 4) is 0 Å². The van der Waals surface area contributed by atoms with Gasteiger partial charge in [0.15, 0.2) is 0 Å². The van der Waals surface area contributed by atoms with E-state index in [1.807, 2.05) is 6.92 Å². The Morgan fingerprint density at radius 1 is 0.839 bits per heavy atom. The van der Waals surface area contributed by atoms with Crippen LogP contribution in [0, 0.1) is 6.92 Å². The maximum Gasteiger partial charge on any atom is 0.261 e. The second-order valence-electron chi connectivity index (χ2n) is 7.63. The van der Waals surface area contributed by atoms with Gasteiger partial charge in [-0.25, -0.2) is 8.42 Å². The maximum atomic E-state index is 13.1. The minimum absolute atomic E-state index is 0.272. The van der Waals surface area contributed by atoms with E-state index in [9.17, 15) is 18.0 Å². The number of nitrogens with zero attached hydrogens (tertiary/aromatic N) is 2. The van der Waals surface area contributed by atoms with Gasteiger partial charge in [-0.1, -0.05) is 52.4 Å². The number of sulfonamides is 1. The summed E-state index contributed by atoms with van der Waals surface area (Å²) in [5.74, 6) is -0.543. The number of fused-ring (bicyclic) bond motifs is 1. The number of rotatable bonds is 11. The highest BCUT2D eigenvalue weighted by Gasteiger charge is 2.34. The van der Waals surface area contributed by atoms with E-state index in [0.717, 1.165) is 22.8 Å². The van der Waals surface area contributed by atoms with E-state index in [4.69, 9.17) is 0 Å². The lowest BCUT2D eigenvalue weighted by atomic mass is 10.1. The Labute approximate surface area is 197 Å². The lowest BCUT2D eigenvalue weighted by molar-refractivity contribution is 0.0651. The van der Waals surface area contributed by atoms with E-state index < -0.39 is 10.0 Å². The standard InChI is InChI=1S/C23H27IN2O4S/c1-18-10-12-19(13-11-18)31(29,30)25(15-5-4-14-24)16-6-7-17-26-22(27)20-8-2-3-9-21(20)23(26)28/h2-3,8-13H,4-7,14-17H2,1H3. The fourth-order valence-corrected chi connectivity index (χ4v) is 5.65. The quantitative estimate of drug-likeness (QED) is 0.180. The molecular weight excluding hydrogens is 527 g/mol. The number of imide groups is 1. The van der Waals surface area contributed by atoms with Crippen molar-refractivity contribution in [2.45, 2.75) is 37.5 Å². The van der Waals surface area contributed by atoms with E-state index in [0.29, 0.717) is 48.5 Å². The lowest BCUT2D eigenvalue weighted by Crippen LogP contribution is -2.34. The Hall–Kier alpha value is -1.78. The Bertz CT molecular complexity index is 1000. The van der Waals surface area contributed by atoms with Crippen LogP contribution in [-0.4, -0.2) is 53.5 Å². The second-order valence-corrected chi connectivity index (χ2v) is 10.6. The van der Waals surface area contributed by atoms with Gasteiger partial charge in [0.1, 0.15) is 0 Å². The minimum atomic E-state index is -3.58. The van der Waals surface area contributed by atoms with Crippen molar-refractivity contribution in [2.75, 3.05) is 24.1 Å². The van der Waals surface area contributed by atoms with Gasteiger partial charge in [0.05, 0.1) is 16.0 Å². The molecule has 6 nitrogen and oxygen atoms in total. The highest BCUT2D eigenvalue weighted by Crippen LogP contribution is 2.23. The summed E-state index contributed by atoms with van der Waals surface area (Å²) in [6.45, 7) is 3.04. The summed E-state index contributed by atoms with van der Waals surface area (Å²) < 4.78 is 28.8. The van der Waals surface area contributed by atoms with Crippen molar-refractivity contribution in [2.24, 2.45) is 0 Å². The molecule has 2 aromatic rings. The fraction of sp³-hybridized carbons (Fsp3) is 0.391. The monoisotopic (exact) mass is 554 g/mol. The van der Waals surface area contributed by atoms with Gasteiger partial charge in [-0.05, 0) is 61.3 Å². The summed E-state index contributed by atoms with van der Waals surface area (Å²) in [4.78, 5) is 26.5. The van der Waals surface area contributed by atoms with Gasteiger partial charge < -0.3 is 0 Å². The van der Waals surface area contributed by atoms with Crippen LogP contribution in [0.1, 0.15) is 52.0 Å². The first-order chi connectivity index (χ1) is 14.9. The van der Waals surface area contributed by atoms with Crippen LogP contribution in [0.3, 0.4) is 0 Å². The molecule has 2 amide bonds. The predicted octanol–water partition coefficient (Wildman–Crippen LogP) is 4.28. The highest BCUT2D eigenvalue weighted by atomic mass is 127. The smallest absolute Gasteiger partial charge is 0.261 e. The molecule has 31 heavy (non-hydrogen) atoms. The van der Waals surface area contributed by atoms with Crippen LogP contribution in [0.5, 0.6) is 0 Å². The summed E-state index contributed by atoms with van der Waals surface area (Å²) in [6, 6.07) is 13.7. The molecule has 0 N–H and O–H groups in total. The Kier molecular flexibility index (Phi) is 8.23. The van der Waals surface area contributed by atoms with Gasteiger partial charge in [-0.15, -0.1) is 0 Å². The van der Waals surface area contributed by atoms with Crippen LogP contribution in [0.15, 0.2) is 53.4 Å². The minimum Gasteiger partial charge on any atom is -0.274 e. The van der Waals surface area contributed by atoms with Crippen molar-refractivity contribution in [3.05, 3.63) is 65.2 Å². The Balaban J connectivity index is 1.61. The fourth-order valence-electron chi connectivity index (χ4n) is 3.59. The number of aryl methyl sites for hydroxylation is 1. The van der Waals surface area contributed by atoms with Gasteiger partial charge in [-0.3, -0.25) is 14.5 Å². The van der Waals surface area contributed by atoms with Gasteiger partial charge in [0, 0.05) is 19.6 Å². The van der Waals surface area contributed by atoms with Crippen LogP contribution in [-0.2, 0) is 10.0 Å². The molecule has 0 atom stereocenters. The highest BCUT2D eigenvalue weighted by molar-refractivity contribution is 14.1. The van der Waals surface area contributed by atoms with Crippen LogP contribution in [0.25, 0.3) is 0 Å². The molecule has 0 radical (unpaired) electrons. The van der Waals surface area contributed by atoms with Crippen molar-refractivity contribution >= 4 is 44.4 Å². The topological polar surface area (TPSA) is 74.8 Å². The number of hydrogen-bond donors (Lipinski definition) is 0. The Morgan fingerprint density at radius 2 is 1.39 bits per heavy atom. The molecule has 1 aliphatic heterocycles. The van der Waals surface area contributed by atoms with Gasteiger partial charge >= 0.3 is 0 Å². The summed E-state index contributed by atoms with van der Waals surface area (Å²) >= 11 is 2.29. The van der Waals surface area contributed by atoms with Crippen LogP contribution >= 0.6 is 22.6 Å². The number of carbonyl (C=O) groups excluding carboxylic acids is 2. The summed E-state index contributed by atoms with van der Waals surface area (Å²) in [7, 11) is -3.58. The predicted molar refractivity (Wildman–Crippen MR) is 129 cm³/mol. The normalized spacial score (nSPS) is 13.8. The van der Waals surface area contributed by atoms with Crippen molar-refractivity contribution < 1.29 is 18.0 Å². The number of alkyl halides is 1. The van der Waals surface area contributed by atoms with E-state index in [2.05, 4.69) is 22.6 Å². The molecule has 0 saturated heterocycles.